The summed E-state index contributed by atoms with van der Waals surface area (Å²) in [5.74, 6) is 0. The van der Waals surface area contributed by atoms with Gasteiger partial charge in [0.15, 0.2) is 0 Å². The molecule has 8 rings (SSSR count). The van der Waals surface area contributed by atoms with E-state index < -0.39 is 0 Å². The second-order valence-electron chi connectivity index (χ2n) is 10.8. The number of halogens is 1. The van der Waals surface area contributed by atoms with E-state index in [-0.39, 0.29) is 26.2 Å². The number of para-hydroxylation sites is 2. The summed E-state index contributed by atoms with van der Waals surface area (Å²) < 4.78 is 4.73. The first-order valence-corrected chi connectivity index (χ1v) is 15.1. The predicted molar refractivity (Wildman–Crippen MR) is 183 cm³/mol. The van der Waals surface area contributed by atoms with Gasteiger partial charge in [0.1, 0.15) is 0 Å². The van der Waals surface area contributed by atoms with Crippen molar-refractivity contribution in [1.29, 1.82) is 0 Å². The Morgan fingerprint density at radius 1 is 0.488 bits per heavy atom. The number of hydrogen-bond acceptors (Lipinski definition) is 0. The van der Waals surface area contributed by atoms with Gasteiger partial charge in [0.05, 0.1) is 11.0 Å². The number of rotatable bonds is 2. The first-order chi connectivity index (χ1) is 20.5. The molecule has 212 valence electrons. The van der Waals surface area contributed by atoms with E-state index in [0.29, 0.717) is 0 Å². The fourth-order valence-corrected chi connectivity index (χ4v) is 6.25. The molecule has 0 aliphatic carbocycles. The van der Waals surface area contributed by atoms with E-state index in [1.807, 2.05) is 0 Å². The van der Waals surface area contributed by atoms with Gasteiger partial charge in [-0.2, -0.15) is 0 Å². The molecule has 4 heteroatoms. The van der Waals surface area contributed by atoms with Gasteiger partial charge in [0, 0.05) is 28.5 Å². The molecule has 43 heavy (non-hydrogen) atoms. The largest absolute Gasteiger partial charge is 2.00 e. The molecule has 0 radical (unpaired) electrons. The fourth-order valence-electron chi connectivity index (χ4n) is 6.25. The van der Waals surface area contributed by atoms with Crippen molar-refractivity contribution in [3.8, 4) is 11.4 Å². The van der Waals surface area contributed by atoms with Crippen molar-refractivity contribution in [2.24, 2.45) is 0 Å². The molecule has 0 N–H and O–H groups in total. The summed E-state index contributed by atoms with van der Waals surface area (Å²) in [6.07, 6.45) is 1.47. The summed E-state index contributed by atoms with van der Waals surface area (Å²) >= 11 is 4.64. The topological polar surface area (TPSA) is 9.86 Å². The van der Waals surface area contributed by atoms with Crippen molar-refractivity contribution in [1.82, 2.24) is 9.13 Å². The summed E-state index contributed by atoms with van der Waals surface area (Å²) in [6.45, 7) is 8.81. The Morgan fingerprint density at radius 3 is 1.23 bits per heavy atom. The van der Waals surface area contributed by atoms with Crippen molar-refractivity contribution in [3.05, 3.63) is 144 Å². The Hall–Kier alpha value is -3.65. The average Bonchev–Trinajstić information content (AvgIpc) is 3.77. The Bertz CT molecular complexity index is 1950. The number of alkyl halides is 1. The molecular weight excluding hydrogens is 623 g/mol. The van der Waals surface area contributed by atoms with Crippen LogP contribution >= 0.6 is 11.6 Å². The first kappa shape index (κ1) is 30.8. The molecule has 2 heterocycles. The van der Waals surface area contributed by atoms with Crippen molar-refractivity contribution >= 4 is 55.0 Å². The second kappa shape index (κ2) is 12.9. The van der Waals surface area contributed by atoms with Crippen LogP contribution in [0.2, 0.25) is 0 Å². The molecule has 2 nitrogen and oxygen atoms in total. The third kappa shape index (κ3) is 5.46. The number of nitrogens with zero attached hydrogens (tertiary/aromatic N) is 2. The fraction of sp³-hybridized carbons (Fsp3) is 0.128. The van der Waals surface area contributed by atoms with Crippen molar-refractivity contribution in [3.63, 3.8) is 0 Å². The molecule has 0 fully saturated rings. The minimum Gasteiger partial charge on any atom is -0.332 e. The summed E-state index contributed by atoms with van der Waals surface area (Å²) in [5.41, 5.74) is 10.5. The zero-order valence-electron chi connectivity index (χ0n) is 25.3. The van der Waals surface area contributed by atoms with Crippen LogP contribution in [-0.4, -0.2) is 15.5 Å². The van der Waals surface area contributed by atoms with Crippen LogP contribution in [-0.2, 0) is 26.2 Å². The van der Waals surface area contributed by atoms with Crippen LogP contribution < -0.4 is 0 Å². The molecule has 0 saturated carbocycles. The van der Waals surface area contributed by atoms with E-state index in [1.54, 1.807) is 0 Å². The molecule has 0 unspecified atom stereocenters. The van der Waals surface area contributed by atoms with Gasteiger partial charge in [-0.1, -0.05) is 48.5 Å². The van der Waals surface area contributed by atoms with Crippen LogP contribution in [0.25, 0.3) is 54.7 Å². The zero-order valence-corrected chi connectivity index (χ0v) is 28.5. The van der Waals surface area contributed by atoms with Gasteiger partial charge < -0.3 is 9.13 Å². The summed E-state index contributed by atoms with van der Waals surface area (Å²) in [6, 6.07) is 43.4. The molecule has 0 aliphatic rings. The van der Waals surface area contributed by atoms with Crippen molar-refractivity contribution in [2.45, 2.75) is 27.7 Å². The van der Waals surface area contributed by atoms with Gasteiger partial charge >= 0.3 is 26.2 Å². The maximum absolute atomic E-state index is 4.64. The van der Waals surface area contributed by atoms with Gasteiger partial charge in [0.2, 0.25) is 0 Å². The van der Waals surface area contributed by atoms with E-state index in [9.17, 15) is 0 Å². The number of aromatic nitrogens is 2. The Labute approximate surface area is 278 Å². The van der Waals surface area contributed by atoms with Crippen LogP contribution in [0.4, 0.5) is 0 Å². The molecule has 8 aromatic rings. The SMILES string of the molecule is CCl.Cc1c(C)n(-c2cc3ccccc3[cH-]2)c2ccccc12.Cc1c(C)n(-c2cc3ccccc3[cH-]2)c2ccccc12.[Zr+2]. The third-order valence-corrected chi connectivity index (χ3v) is 8.58. The van der Waals surface area contributed by atoms with Crippen LogP contribution in [0.1, 0.15) is 22.5 Å². The number of hydrogen-bond donors (Lipinski definition) is 0. The van der Waals surface area contributed by atoms with E-state index in [0.717, 1.165) is 0 Å². The summed E-state index contributed by atoms with van der Waals surface area (Å²) in [4.78, 5) is 0. The van der Waals surface area contributed by atoms with Crippen molar-refractivity contribution < 1.29 is 26.2 Å². The number of benzene rings is 4. The first-order valence-electron chi connectivity index (χ1n) is 14.3. The molecule has 0 aliphatic heterocycles. The maximum Gasteiger partial charge on any atom is 2.00 e. The van der Waals surface area contributed by atoms with Crippen LogP contribution in [0.15, 0.2) is 121 Å². The molecule has 0 saturated heterocycles. The van der Waals surface area contributed by atoms with Gasteiger partial charge in [-0.15, -0.1) is 93.8 Å². The Kier molecular flexibility index (Phi) is 9.26. The predicted octanol–water partition coefficient (Wildman–Crippen LogP) is 11.1. The van der Waals surface area contributed by atoms with E-state index in [2.05, 4.69) is 170 Å². The molecule has 0 bridgehead atoms. The maximum atomic E-state index is 4.64. The monoisotopic (exact) mass is 656 g/mol. The quantitative estimate of drug-likeness (QED) is 0.129. The molecule has 0 spiro atoms. The van der Waals surface area contributed by atoms with Crippen LogP contribution in [0, 0.1) is 27.7 Å². The molecule has 6 aromatic carbocycles. The van der Waals surface area contributed by atoms with Gasteiger partial charge in [-0.25, -0.2) is 0 Å². The summed E-state index contributed by atoms with van der Waals surface area (Å²) in [5, 5.41) is 7.90. The average molecular weight is 658 g/mol. The van der Waals surface area contributed by atoms with E-state index >= 15 is 0 Å². The molecular formula is C39H35ClN2Zr. The molecule has 0 atom stereocenters. The van der Waals surface area contributed by atoms with Crippen LogP contribution in [0.5, 0.6) is 0 Å². The standard InChI is InChI=1S/2C19H16N.CH3Cl.Zr/c2*1-13-14(2)20(19-10-6-5-9-18(13)19)17-11-15-7-3-4-8-16(15)12-17;1-2;/h2*3-12H,1-2H3;1H3;/q2*-1;;+2. The van der Waals surface area contributed by atoms with Gasteiger partial charge in [-0.3, -0.25) is 0 Å². The number of aryl methyl sites for hydroxylation is 2. The van der Waals surface area contributed by atoms with Gasteiger partial charge in [0.25, 0.3) is 0 Å². The van der Waals surface area contributed by atoms with E-state index in [1.165, 1.54) is 83.6 Å². The third-order valence-electron chi connectivity index (χ3n) is 8.58. The molecule has 2 aromatic heterocycles. The smallest absolute Gasteiger partial charge is 0.332 e. The normalized spacial score (nSPS) is 10.8. The molecule has 0 amide bonds. The van der Waals surface area contributed by atoms with Gasteiger partial charge in [-0.05, 0) is 62.3 Å². The Balaban J connectivity index is 0.000000159. The zero-order chi connectivity index (χ0) is 29.4. The summed E-state index contributed by atoms with van der Waals surface area (Å²) in [7, 11) is 0. The minimum absolute atomic E-state index is 0. The van der Waals surface area contributed by atoms with Crippen LogP contribution in [0.3, 0.4) is 0 Å². The number of fused-ring (bicyclic) bond motifs is 4. The second-order valence-corrected chi connectivity index (χ2v) is 10.8. The van der Waals surface area contributed by atoms with E-state index in [4.69, 9.17) is 0 Å². The van der Waals surface area contributed by atoms with Crippen molar-refractivity contribution in [2.75, 3.05) is 6.38 Å². The Morgan fingerprint density at radius 2 is 0.837 bits per heavy atom. The minimum atomic E-state index is 0.